The lowest BCUT2D eigenvalue weighted by atomic mass is 10.1. The summed E-state index contributed by atoms with van der Waals surface area (Å²) in [6.45, 7) is 2.06. The molecule has 1 saturated carbocycles. The van der Waals surface area contributed by atoms with Crippen molar-refractivity contribution in [2.24, 2.45) is 0 Å². The minimum absolute atomic E-state index is 0.199. The summed E-state index contributed by atoms with van der Waals surface area (Å²) in [6.07, 6.45) is 7.31. The van der Waals surface area contributed by atoms with Crippen molar-refractivity contribution in [2.75, 3.05) is 0 Å². The lowest BCUT2D eigenvalue weighted by Gasteiger charge is -2.16. The summed E-state index contributed by atoms with van der Waals surface area (Å²) >= 11 is 6.77. The van der Waals surface area contributed by atoms with Crippen molar-refractivity contribution in [3.63, 3.8) is 0 Å². The minimum Gasteiger partial charge on any atom is -0.472 e. The zero-order chi connectivity index (χ0) is 27.0. The molecule has 196 valence electrons. The van der Waals surface area contributed by atoms with Gasteiger partial charge < -0.3 is 24.1 Å². The molecule has 0 bridgehead atoms. The molecule has 0 atom stereocenters. The Hall–Kier alpha value is -4.63. The SMILES string of the molecule is Cc1nc(-c2c(Cl)c3ccccc3n2-c2ccc(CNC(=O)C3(NC(=O)/C=C/c4ccoc4)CC3)cc2)no1. The van der Waals surface area contributed by atoms with Crippen LogP contribution in [0.3, 0.4) is 0 Å². The molecular weight excluding hydrogens is 518 g/mol. The Labute approximate surface area is 228 Å². The van der Waals surface area contributed by atoms with Crippen molar-refractivity contribution in [3.05, 3.63) is 95.2 Å². The molecule has 10 heteroatoms. The molecule has 1 aliphatic carbocycles. The normalized spacial score (nSPS) is 14.1. The van der Waals surface area contributed by atoms with Crippen LogP contribution in [-0.2, 0) is 16.1 Å². The number of amides is 2. The van der Waals surface area contributed by atoms with Gasteiger partial charge in [-0.25, -0.2) is 0 Å². The van der Waals surface area contributed by atoms with Crippen molar-refractivity contribution < 1.29 is 18.5 Å². The lowest BCUT2D eigenvalue weighted by Crippen LogP contribution is -2.48. The molecule has 6 rings (SSSR count). The Morgan fingerprint density at radius 1 is 1.13 bits per heavy atom. The van der Waals surface area contributed by atoms with Gasteiger partial charge in [-0.05, 0) is 48.7 Å². The molecule has 0 radical (unpaired) electrons. The molecule has 2 amide bonds. The quantitative estimate of drug-likeness (QED) is 0.260. The van der Waals surface area contributed by atoms with E-state index in [0.29, 0.717) is 41.8 Å². The first-order chi connectivity index (χ1) is 18.9. The molecule has 0 saturated heterocycles. The van der Waals surface area contributed by atoms with Gasteiger partial charge in [0.05, 0.1) is 23.1 Å². The molecule has 0 spiro atoms. The maximum Gasteiger partial charge on any atom is 0.246 e. The first-order valence-corrected chi connectivity index (χ1v) is 12.8. The Morgan fingerprint density at radius 3 is 2.62 bits per heavy atom. The maximum atomic E-state index is 12.9. The Morgan fingerprint density at radius 2 is 1.92 bits per heavy atom. The fraction of sp³-hybridized carbons (Fsp3) is 0.172. The number of para-hydroxylation sites is 1. The smallest absolute Gasteiger partial charge is 0.246 e. The highest BCUT2D eigenvalue weighted by atomic mass is 35.5. The molecule has 3 aromatic heterocycles. The van der Waals surface area contributed by atoms with E-state index in [4.69, 9.17) is 20.5 Å². The van der Waals surface area contributed by atoms with Crippen LogP contribution >= 0.6 is 11.6 Å². The fourth-order valence-corrected chi connectivity index (χ4v) is 4.86. The van der Waals surface area contributed by atoms with E-state index in [-0.39, 0.29) is 11.8 Å². The van der Waals surface area contributed by atoms with Crippen LogP contribution in [-0.4, -0.2) is 32.1 Å². The van der Waals surface area contributed by atoms with Gasteiger partial charge in [-0.3, -0.25) is 9.59 Å². The van der Waals surface area contributed by atoms with Crippen LogP contribution in [0.2, 0.25) is 5.02 Å². The summed E-state index contributed by atoms with van der Waals surface area (Å²) in [5, 5.41) is 11.3. The van der Waals surface area contributed by atoms with Gasteiger partial charge in [0.25, 0.3) is 0 Å². The van der Waals surface area contributed by atoms with Crippen LogP contribution in [0.1, 0.15) is 29.9 Å². The van der Waals surface area contributed by atoms with E-state index in [0.717, 1.165) is 27.7 Å². The Balaban J connectivity index is 1.17. The predicted octanol–water partition coefficient (Wildman–Crippen LogP) is 5.21. The molecule has 1 aliphatic rings. The van der Waals surface area contributed by atoms with Crippen molar-refractivity contribution >= 4 is 40.4 Å². The van der Waals surface area contributed by atoms with Gasteiger partial charge in [0.15, 0.2) is 0 Å². The van der Waals surface area contributed by atoms with E-state index in [1.54, 1.807) is 19.1 Å². The zero-order valence-corrected chi connectivity index (χ0v) is 21.7. The number of nitrogens with one attached hydrogen (secondary N) is 2. The first kappa shape index (κ1) is 24.7. The largest absolute Gasteiger partial charge is 0.472 e. The topological polar surface area (TPSA) is 115 Å². The van der Waals surface area contributed by atoms with Gasteiger partial charge in [-0.2, -0.15) is 4.98 Å². The standard InChI is InChI=1S/C29H24ClN5O4/c1-18-32-27(34-39-18)26-25(30)22-4-2-3-5-23(22)35(26)21-9-6-19(7-10-21)16-31-28(37)29(13-14-29)33-24(36)11-8-20-12-15-38-17-20/h2-12,15,17H,13-14,16H2,1H3,(H,31,37)(H,33,36)/b11-8+. The van der Waals surface area contributed by atoms with E-state index in [9.17, 15) is 9.59 Å². The highest BCUT2D eigenvalue weighted by Crippen LogP contribution is 2.39. The highest BCUT2D eigenvalue weighted by molar-refractivity contribution is 6.38. The van der Waals surface area contributed by atoms with Gasteiger partial charge in [0.2, 0.25) is 23.5 Å². The first-order valence-electron chi connectivity index (χ1n) is 12.4. The molecule has 5 aromatic rings. The third kappa shape index (κ3) is 4.84. The van der Waals surface area contributed by atoms with E-state index in [1.807, 2.05) is 53.1 Å². The van der Waals surface area contributed by atoms with Crippen molar-refractivity contribution in [2.45, 2.75) is 31.8 Å². The van der Waals surface area contributed by atoms with Crippen molar-refractivity contribution in [1.29, 1.82) is 0 Å². The number of benzene rings is 2. The molecule has 0 aliphatic heterocycles. The van der Waals surface area contributed by atoms with Gasteiger partial charge >= 0.3 is 0 Å². The van der Waals surface area contributed by atoms with Crippen molar-refractivity contribution in [3.8, 4) is 17.2 Å². The molecule has 3 heterocycles. The third-order valence-electron chi connectivity index (χ3n) is 6.72. The summed E-state index contributed by atoms with van der Waals surface area (Å²) in [5.41, 5.74) is 3.24. The van der Waals surface area contributed by atoms with E-state index in [1.165, 1.54) is 18.6 Å². The zero-order valence-electron chi connectivity index (χ0n) is 21.0. The number of rotatable bonds is 8. The molecule has 0 unspecified atom stereocenters. The second-order valence-electron chi connectivity index (χ2n) is 9.46. The monoisotopic (exact) mass is 541 g/mol. The summed E-state index contributed by atoms with van der Waals surface area (Å²) in [6, 6.07) is 17.4. The maximum absolute atomic E-state index is 12.9. The molecule has 39 heavy (non-hydrogen) atoms. The second-order valence-corrected chi connectivity index (χ2v) is 9.84. The van der Waals surface area contributed by atoms with Crippen LogP contribution in [0, 0.1) is 6.92 Å². The van der Waals surface area contributed by atoms with Gasteiger partial charge in [0.1, 0.15) is 11.2 Å². The third-order valence-corrected chi connectivity index (χ3v) is 7.10. The molecule has 2 N–H and O–H groups in total. The minimum atomic E-state index is -0.865. The van der Waals surface area contributed by atoms with Gasteiger partial charge in [-0.15, -0.1) is 0 Å². The van der Waals surface area contributed by atoms with Crippen LogP contribution in [0.5, 0.6) is 0 Å². The van der Waals surface area contributed by atoms with Crippen LogP contribution in [0.4, 0.5) is 0 Å². The van der Waals surface area contributed by atoms with Gasteiger partial charge in [0, 0.05) is 36.2 Å². The number of hydrogen-bond acceptors (Lipinski definition) is 6. The summed E-state index contributed by atoms with van der Waals surface area (Å²) in [4.78, 5) is 29.6. The summed E-state index contributed by atoms with van der Waals surface area (Å²) < 4.78 is 12.2. The predicted molar refractivity (Wildman–Crippen MR) is 146 cm³/mol. The van der Waals surface area contributed by atoms with Crippen LogP contribution in [0.15, 0.2) is 82.1 Å². The Bertz CT molecular complexity index is 1700. The second kappa shape index (κ2) is 9.92. The summed E-state index contributed by atoms with van der Waals surface area (Å²) in [5.74, 6) is 0.331. The number of fused-ring (bicyclic) bond motifs is 1. The average molecular weight is 542 g/mol. The van der Waals surface area contributed by atoms with E-state index >= 15 is 0 Å². The average Bonchev–Trinajstić information content (AvgIpc) is 3.25. The molecule has 9 nitrogen and oxygen atoms in total. The number of hydrogen-bond donors (Lipinski definition) is 2. The number of furan rings is 1. The van der Waals surface area contributed by atoms with Crippen molar-refractivity contribution in [1.82, 2.24) is 25.3 Å². The Kier molecular flexibility index (Phi) is 6.28. The van der Waals surface area contributed by atoms with E-state index in [2.05, 4.69) is 20.8 Å². The number of nitrogens with zero attached hydrogens (tertiary/aromatic N) is 3. The highest BCUT2D eigenvalue weighted by Gasteiger charge is 2.50. The van der Waals surface area contributed by atoms with E-state index < -0.39 is 5.54 Å². The number of aryl methyl sites for hydroxylation is 1. The number of aromatic nitrogens is 3. The van der Waals surface area contributed by atoms with Crippen LogP contribution < -0.4 is 10.6 Å². The molecule has 2 aromatic carbocycles. The van der Waals surface area contributed by atoms with Crippen LogP contribution in [0.25, 0.3) is 34.2 Å². The number of halogens is 1. The lowest BCUT2D eigenvalue weighted by molar-refractivity contribution is -0.128. The number of carbonyl (C=O) groups is 2. The molecular formula is C29H24ClN5O4. The summed E-state index contributed by atoms with van der Waals surface area (Å²) in [7, 11) is 0. The number of carbonyl (C=O) groups excluding carboxylic acids is 2. The molecule has 1 fully saturated rings. The fourth-order valence-electron chi connectivity index (χ4n) is 4.53. The van der Waals surface area contributed by atoms with Gasteiger partial charge in [-0.1, -0.05) is 47.1 Å².